The number of allylic oxidation sites excluding steroid dienone is 4. The maximum atomic E-state index is 12.7. The van der Waals surface area contributed by atoms with E-state index in [0.29, 0.717) is 17.4 Å². The fourth-order valence-corrected chi connectivity index (χ4v) is 5.93. The molecule has 9 heteroatoms. The quantitative estimate of drug-likeness (QED) is 0.0199. The molecule has 0 fully saturated rings. The highest BCUT2D eigenvalue weighted by molar-refractivity contribution is 5.70. The topological polar surface area (TPSA) is 111 Å². The predicted octanol–water partition coefficient (Wildman–Crippen LogP) is 9.94. The summed E-state index contributed by atoms with van der Waals surface area (Å²) in [6.45, 7) is 4.69. The molecule has 2 unspecified atom stereocenters. The minimum Gasteiger partial charge on any atom is -0.545 e. The lowest BCUT2D eigenvalue weighted by Crippen LogP contribution is -2.44. The fourth-order valence-electron chi connectivity index (χ4n) is 5.93. The number of likely N-dealkylation sites (N-methyl/N-ethyl adjacent to an activating group) is 1. The number of quaternary nitrogens is 1. The number of ether oxygens (including phenoxy) is 4. The standard InChI is InChI=1S/C45H83NO8/c1-6-8-10-12-14-16-18-20-21-22-23-24-26-28-30-32-34-36-43(48)54-41(40-53-45(44(49)50)51-38-37-46(3,4)5)39-52-42(47)35-33-31-29-27-25-19-17-15-13-11-9-7-2/h15,17,20-21,41,45H,6-14,16,18-19,22-40H2,1-5H3/b17-15-,21-20-. The third-order valence-electron chi connectivity index (χ3n) is 9.42. The summed E-state index contributed by atoms with van der Waals surface area (Å²) in [5.74, 6) is -2.30. The number of hydrogen-bond acceptors (Lipinski definition) is 8. The van der Waals surface area contributed by atoms with Gasteiger partial charge in [-0.3, -0.25) is 9.59 Å². The number of esters is 2. The van der Waals surface area contributed by atoms with Crippen LogP contribution in [0.5, 0.6) is 0 Å². The molecule has 0 N–H and O–H groups in total. The molecule has 316 valence electrons. The summed E-state index contributed by atoms with van der Waals surface area (Å²) in [4.78, 5) is 36.9. The SMILES string of the molecule is CCCCC/C=C\CCCCCCCC(=O)OCC(COC(OCC[N+](C)(C)C)C(=O)[O-])OC(=O)CCCCCCCCC/C=C\CCCCCCCC. The van der Waals surface area contributed by atoms with E-state index in [9.17, 15) is 19.5 Å². The molecule has 0 saturated heterocycles. The Morgan fingerprint density at radius 3 is 1.41 bits per heavy atom. The number of hydrogen-bond donors (Lipinski definition) is 0. The van der Waals surface area contributed by atoms with Crippen molar-refractivity contribution in [2.75, 3.05) is 47.5 Å². The Hall–Kier alpha value is -2.23. The van der Waals surface area contributed by atoms with Crippen LogP contribution in [0.2, 0.25) is 0 Å². The van der Waals surface area contributed by atoms with Crippen LogP contribution in [0, 0.1) is 0 Å². The molecule has 0 aliphatic heterocycles. The minimum atomic E-state index is -1.62. The summed E-state index contributed by atoms with van der Waals surface area (Å²) in [6.07, 6.45) is 36.3. The van der Waals surface area contributed by atoms with Gasteiger partial charge in [0, 0.05) is 12.8 Å². The van der Waals surface area contributed by atoms with E-state index in [-0.39, 0.29) is 38.6 Å². The van der Waals surface area contributed by atoms with E-state index in [1.54, 1.807) is 0 Å². The van der Waals surface area contributed by atoms with Crippen molar-refractivity contribution in [3.63, 3.8) is 0 Å². The van der Waals surface area contributed by atoms with Crippen LogP contribution in [0.25, 0.3) is 0 Å². The average Bonchev–Trinajstić information content (AvgIpc) is 3.12. The van der Waals surface area contributed by atoms with E-state index in [1.807, 2.05) is 21.1 Å². The van der Waals surface area contributed by atoms with Crippen LogP contribution in [0.4, 0.5) is 0 Å². The van der Waals surface area contributed by atoms with E-state index in [1.165, 1.54) is 89.9 Å². The van der Waals surface area contributed by atoms with Crippen molar-refractivity contribution in [3.8, 4) is 0 Å². The van der Waals surface area contributed by atoms with Crippen LogP contribution >= 0.6 is 0 Å². The van der Waals surface area contributed by atoms with Gasteiger partial charge in [0.05, 0.1) is 40.3 Å². The van der Waals surface area contributed by atoms with Crippen LogP contribution < -0.4 is 5.11 Å². The van der Waals surface area contributed by atoms with Gasteiger partial charge in [-0.25, -0.2) is 0 Å². The Morgan fingerprint density at radius 2 is 0.944 bits per heavy atom. The maximum absolute atomic E-state index is 12.7. The van der Waals surface area contributed by atoms with Gasteiger partial charge >= 0.3 is 11.9 Å². The molecular formula is C45H83NO8. The first kappa shape index (κ1) is 51.8. The average molecular weight is 766 g/mol. The molecule has 2 atom stereocenters. The lowest BCUT2D eigenvalue weighted by molar-refractivity contribution is -0.870. The predicted molar refractivity (Wildman–Crippen MR) is 219 cm³/mol. The number of carboxylic acid groups (broad SMARTS) is 1. The van der Waals surface area contributed by atoms with E-state index in [2.05, 4.69) is 38.2 Å². The second-order valence-corrected chi connectivity index (χ2v) is 16.0. The number of carbonyl (C=O) groups is 3. The summed E-state index contributed by atoms with van der Waals surface area (Å²) < 4.78 is 22.5. The molecule has 9 nitrogen and oxygen atoms in total. The number of rotatable bonds is 40. The Balaban J connectivity index is 4.45. The normalized spacial score (nSPS) is 13.1. The molecular weight excluding hydrogens is 682 g/mol. The maximum Gasteiger partial charge on any atom is 0.306 e. The number of nitrogens with zero attached hydrogens (tertiary/aromatic N) is 1. The first-order valence-electron chi connectivity index (χ1n) is 22.0. The molecule has 0 amide bonds. The molecule has 0 aromatic carbocycles. The second kappa shape index (κ2) is 37.7. The molecule has 54 heavy (non-hydrogen) atoms. The Labute approximate surface area is 331 Å². The van der Waals surface area contributed by atoms with Gasteiger partial charge in [0.15, 0.2) is 12.4 Å². The van der Waals surface area contributed by atoms with Crippen molar-refractivity contribution in [2.24, 2.45) is 0 Å². The van der Waals surface area contributed by atoms with Crippen LogP contribution in [0.1, 0.15) is 187 Å². The molecule has 0 aliphatic carbocycles. The van der Waals surface area contributed by atoms with E-state index < -0.39 is 24.3 Å². The van der Waals surface area contributed by atoms with Crippen LogP contribution in [-0.2, 0) is 33.3 Å². The van der Waals surface area contributed by atoms with Gasteiger partial charge < -0.3 is 33.3 Å². The van der Waals surface area contributed by atoms with Crippen LogP contribution in [0.15, 0.2) is 24.3 Å². The first-order valence-corrected chi connectivity index (χ1v) is 22.0. The van der Waals surface area contributed by atoms with Crippen LogP contribution in [-0.4, -0.2) is 82.3 Å². The smallest absolute Gasteiger partial charge is 0.306 e. The van der Waals surface area contributed by atoms with Crippen molar-refractivity contribution < 1.29 is 42.9 Å². The fraction of sp³-hybridized carbons (Fsp3) is 0.844. The molecule has 0 aromatic heterocycles. The van der Waals surface area contributed by atoms with Gasteiger partial charge in [-0.05, 0) is 64.2 Å². The number of carbonyl (C=O) groups excluding carboxylic acids is 3. The van der Waals surface area contributed by atoms with Crippen molar-refractivity contribution in [1.82, 2.24) is 0 Å². The molecule has 0 bridgehead atoms. The van der Waals surface area contributed by atoms with Gasteiger partial charge in [-0.1, -0.05) is 134 Å². The van der Waals surface area contributed by atoms with Crippen molar-refractivity contribution in [2.45, 2.75) is 200 Å². The summed E-state index contributed by atoms with van der Waals surface area (Å²) in [5.41, 5.74) is 0. The molecule has 0 radical (unpaired) electrons. The molecule has 0 saturated carbocycles. The van der Waals surface area contributed by atoms with Gasteiger partial charge in [0.1, 0.15) is 13.2 Å². The van der Waals surface area contributed by atoms with Gasteiger partial charge in [-0.2, -0.15) is 0 Å². The third kappa shape index (κ3) is 38.1. The zero-order valence-electron chi connectivity index (χ0n) is 35.6. The monoisotopic (exact) mass is 766 g/mol. The van der Waals surface area contributed by atoms with E-state index in [4.69, 9.17) is 18.9 Å². The molecule has 0 spiro atoms. The zero-order valence-corrected chi connectivity index (χ0v) is 35.6. The number of carboxylic acids is 1. The first-order chi connectivity index (χ1) is 26.1. The highest BCUT2D eigenvalue weighted by Crippen LogP contribution is 2.14. The van der Waals surface area contributed by atoms with Crippen molar-refractivity contribution in [1.29, 1.82) is 0 Å². The highest BCUT2D eigenvalue weighted by atomic mass is 16.7. The Kier molecular flexibility index (Phi) is 36.1. The lowest BCUT2D eigenvalue weighted by Gasteiger charge is -2.26. The minimum absolute atomic E-state index is 0.147. The summed E-state index contributed by atoms with van der Waals surface area (Å²) in [5, 5.41) is 11.7. The van der Waals surface area contributed by atoms with Crippen molar-refractivity contribution >= 4 is 17.9 Å². The summed E-state index contributed by atoms with van der Waals surface area (Å²) >= 11 is 0. The van der Waals surface area contributed by atoms with Crippen LogP contribution in [0.3, 0.4) is 0 Å². The molecule has 0 heterocycles. The number of aliphatic carboxylic acids is 1. The molecule has 0 aromatic rings. The molecule has 0 rings (SSSR count). The lowest BCUT2D eigenvalue weighted by atomic mass is 10.1. The van der Waals surface area contributed by atoms with Gasteiger partial charge in [0.25, 0.3) is 0 Å². The summed E-state index contributed by atoms with van der Waals surface area (Å²) in [7, 11) is 5.90. The largest absolute Gasteiger partial charge is 0.545 e. The highest BCUT2D eigenvalue weighted by Gasteiger charge is 2.21. The third-order valence-corrected chi connectivity index (χ3v) is 9.42. The van der Waals surface area contributed by atoms with E-state index in [0.717, 1.165) is 64.2 Å². The number of unbranched alkanes of at least 4 members (excludes halogenated alkanes) is 21. The van der Waals surface area contributed by atoms with Gasteiger partial charge in [0.2, 0.25) is 0 Å². The molecule has 0 aliphatic rings. The zero-order chi connectivity index (χ0) is 40.0. The van der Waals surface area contributed by atoms with E-state index >= 15 is 0 Å². The Bertz CT molecular complexity index is 944. The van der Waals surface area contributed by atoms with Crippen molar-refractivity contribution in [3.05, 3.63) is 24.3 Å². The Morgan fingerprint density at radius 1 is 0.537 bits per heavy atom. The summed E-state index contributed by atoms with van der Waals surface area (Å²) in [6, 6.07) is 0. The van der Waals surface area contributed by atoms with Gasteiger partial charge in [-0.15, -0.1) is 0 Å². The second-order valence-electron chi connectivity index (χ2n) is 16.0.